The molecule has 0 saturated carbocycles. The molecule has 48 valence electrons. The fourth-order valence-electron chi connectivity index (χ4n) is 0.316. The predicted octanol–water partition coefficient (Wildman–Crippen LogP) is 0.552. The van der Waals surface area contributed by atoms with Crippen molar-refractivity contribution in [3.8, 4) is 0 Å². The highest BCUT2D eigenvalue weighted by Gasteiger charge is 2.09. The highest BCUT2D eigenvalue weighted by molar-refractivity contribution is 7.82. The average molecular weight is 132 g/mol. The number of nitrogens with one attached hydrogen (secondary N) is 1. The monoisotopic (exact) mass is 132 g/mol. The Morgan fingerprint density at radius 2 is 2.25 bits per heavy atom. The fraction of sp³-hybridized carbons (Fsp3) is 0.800. The van der Waals surface area contributed by atoms with Crippen LogP contribution in [0.4, 0.5) is 0 Å². The van der Waals surface area contributed by atoms with E-state index < -0.39 is 0 Å². The second-order valence-electron chi connectivity index (χ2n) is 1.78. The van der Waals surface area contributed by atoms with Gasteiger partial charge in [0.05, 0.1) is 4.87 Å². The van der Waals surface area contributed by atoms with Crippen molar-refractivity contribution in [1.82, 2.24) is 5.32 Å². The molecule has 1 unspecified atom stereocenters. The van der Waals surface area contributed by atoms with Gasteiger partial charge >= 0.3 is 0 Å². The second kappa shape index (κ2) is 3.10. The standard InChI is InChI=1S/C5H12N2S/c1-5(8,7-3)4-6-2/h4,7-8H,1-3H3. The molecule has 1 N–H and O–H groups in total. The first-order valence-corrected chi connectivity index (χ1v) is 2.91. The van der Waals surface area contributed by atoms with E-state index in [1.54, 1.807) is 13.3 Å². The molecule has 0 fully saturated rings. The summed E-state index contributed by atoms with van der Waals surface area (Å²) in [4.78, 5) is 3.56. The first-order chi connectivity index (χ1) is 3.62. The summed E-state index contributed by atoms with van der Waals surface area (Å²) in [5.41, 5.74) is 0. The number of hydrogen-bond acceptors (Lipinski definition) is 3. The molecule has 0 rings (SSSR count). The number of nitrogens with zero attached hydrogens (tertiary/aromatic N) is 1. The van der Waals surface area contributed by atoms with Gasteiger partial charge < -0.3 is 5.32 Å². The molecular formula is C5H12N2S. The fourth-order valence-corrected chi connectivity index (χ4v) is 0.431. The molecule has 0 amide bonds. The molecule has 0 aromatic heterocycles. The first-order valence-electron chi connectivity index (χ1n) is 2.47. The Morgan fingerprint density at radius 3 is 2.38 bits per heavy atom. The number of hydrogen-bond donors (Lipinski definition) is 2. The van der Waals surface area contributed by atoms with Gasteiger partial charge in [0.1, 0.15) is 0 Å². The summed E-state index contributed by atoms with van der Waals surface area (Å²) in [5.74, 6) is 0. The number of rotatable bonds is 2. The third kappa shape index (κ3) is 3.04. The van der Waals surface area contributed by atoms with E-state index in [1.807, 2.05) is 14.0 Å². The lowest BCUT2D eigenvalue weighted by molar-refractivity contribution is 0.723. The summed E-state index contributed by atoms with van der Waals surface area (Å²) in [5, 5.41) is 2.96. The van der Waals surface area contributed by atoms with Crippen molar-refractivity contribution in [2.24, 2.45) is 4.99 Å². The van der Waals surface area contributed by atoms with Gasteiger partial charge in [-0.05, 0) is 14.0 Å². The van der Waals surface area contributed by atoms with Crippen LogP contribution in [0.1, 0.15) is 6.92 Å². The third-order valence-electron chi connectivity index (χ3n) is 0.887. The topological polar surface area (TPSA) is 24.4 Å². The van der Waals surface area contributed by atoms with Crippen molar-refractivity contribution in [1.29, 1.82) is 0 Å². The van der Waals surface area contributed by atoms with Crippen LogP contribution in [0.5, 0.6) is 0 Å². The van der Waals surface area contributed by atoms with Crippen LogP contribution < -0.4 is 5.32 Å². The second-order valence-corrected chi connectivity index (χ2v) is 2.71. The van der Waals surface area contributed by atoms with Crippen LogP contribution >= 0.6 is 12.6 Å². The zero-order chi connectivity index (χ0) is 6.62. The minimum atomic E-state index is -0.255. The SMILES string of the molecule is CN=CC(C)(S)NC. The molecule has 0 aliphatic heterocycles. The van der Waals surface area contributed by atoms with Crippen LogP contribution in [-0.2, 0) is 0 Å². The van der Waals surface area contributed by atoms with E-state index in [0.717, 1.165) is 0 Å². The maximum absolute atomic E-state index is 4.21. The van der Waals surface area contributed by atoms with Crippen LogP contribution in [0.15, 0.2) is 4.99 Å². The zero-order valence-electron chi connectivity index (χ0n) is 5.47. The first kappa shape index (κ1) is 7.98. The van der Waals surface area contributed by atoms with Crippen LogP contribution in [0, 0.1) is 0 Å². The van der Waals surface area contributed by atoms with E-state index in [2.05, 4.69) is 22.9 Å². The van der Waals surface area contributed by atoms with E-state index in [9.17, 15) is 0 Å². The van der Waals surface area contributed by atoms with E-state index in [1.165, 1.54) is 0 Å². The minimum absolute atomic E-state index is 0.255. The van der Waals surface area contributed by atoms with Crippen LogP contribution in [0.2, 0.25) is 0 Å². The summed E-state index contributed by atoms with van der Waals surface area (Å²) in [6.45, 7) is 1.93. The summed E-state index contributed by atoms with van der Waals surface area (Å²) in [6.07, 6.45) is 1.75. The van der Waals surface area contributed by atoms with E-state index in [0.29, 0.717) is 0 Å². The maximum atomic E-state index is 4.21. The van der Waals surface area contributed by atoms with Gasteiger partial charge in [-0.2, -0.15) is 12.6 Å². The average Bonchev–Trinajstić information content (AvgIpc) is 1.67. The molecule has 3 heteroatoms. The van der Waals surface area contributed by atoms with Crippen molar-refractivity contribution >= 4 is 18.8 Å². The van der Waals surface area contributed by atoms with Gasteiger partial charge in [-0.25, -0.2) is 0 Å². The van der Waals surface area contributed by atoms with Crippen molar-refractivity contribution in [2.45, 2.75) is 11.8 Å². The molecule has 0 heterocycles. The Labute approximate surface area is 55.8 Å². The number of aliphatic imine (C=N–C) groups is 1. The Hall–Kier alpha value is -0.0200. The summed E-state index contributed by atoms with van der Waals surface area (Å²) < 4.78 is 0. The highest BCUT2D eigenvalue weighted by Crippen LogP contribution is 2.02. The normalized spacial score (nSPS) is 19.0. The van der Waals surface area contributed by atoms with E-state index in [4.69, 9.17) is 0 Å². The molecule has 0 radical (unpaired) electrons. The minimum Gasteiger partial charge on any atom is -0.302 e. The van der Waals surface area contributed by atoms with Gasteiger partial charge in [0.15, 0.2) is 0 Å². The molecular weight excluding hydrogens is 120 g/mol. The molecule has 0 saturated heterocycles. The maximum Gasteiger partial charge on any atom is 0.0939 e. The number of thiol groups is 1. The molecule has 0 aliphatic carbocycles. The molecule has 0 spiro atoms. The Bertz CT molecular complexity index is 88.4. The van der Waals surface area contributed by atoms with Gasteiger partial charge in [0, 0.05) is 13.3 Å². The lowest BCUT2D eigenvalue weighted by Crippen LogP contribution is -2.34. The molecule has 0 aromatic carbocycles. The molecule has 1 atom stereocenters. The third-order valence-corrected chi connectivity index (χ3v) is 1.23. The quantitative estimate of drug-likeness (QED) is 0.320. The molecule has 0 aliphatic rings. The Kier molecular flexibility index (Phi) is 3.09. The predicted molar refractivity (Wildman–Crippen MR) is 40.9 cm³/mol. The van der Waals surface area contributed by atoms with Gasteiger partial charge in [-0.1, -0.05) is 0 Å². The van der Waals surface area contributed by atoms with Crippen molar-refractivity contribution in [3.05, 3.63) is 0 Å². The lowest BCUT2D eigenvalue weighted by Gasteiger charge is -2.15. The molecule has 0 bridgehead atoms. The molecule has 0 aromatic rings. The van der Waals surface area contributed by atoms with E-state index >= 15 is 0 Å². The van der Waals surface area contributed by atoms with Gasteiger partial charge in [0.2, 0.25) is 0 Å². The molecule has 8 heavy (non-hydrogen) atoms. The Balaban J connectivity index is 3.71. The lowest BCUT2D eigenvalue weighted by atomic mass is 10.4. The van der Waals surface area contributed by atoms with Crippen molar-refractivity contribution in [3.63, 3.8) is 0 Å². The van der Waals surface area contributed by atoms with Crippen LogP contribution in [0.3, 0.4) is 0 Å². The van der Waals surface area contributed by atoms with Gasteiger partial charge in [-0.3, -0.25) is 4.99 Å². The smallest absolute Gasteiger partial charge is 0.0939 e. The summed E-state index contributed by atoms with van der Waals surface area (Å²) >= 11 is 4.21. The summed E-state index contributed by atoms with van der Waals surface area (Å²) in [7, 11) is 3.57. The zero-order valence-corrected chi connectivity index (χ0v) is 6.37. The largest absolute Gasteiger partial charge is 0.302 e. The van der Waals surface area contributed by atoms with Gasteiger partial charge in [0.25, 0.3) is 0 Å². The van der Waals surface area contributed by atoms with Crippen LogP contribution in [0.25, 0.3) is 0 Å². The van der Waals surface area contributed by atoms with Crippen LogP contribution in [-0.4, -0.2) is 25.2 Å². The van der Waals surface area contributed by atoms with E-state index in [-0.39, 0.29) is 4.87 Å². The summed E-state index contributed by atoms with van der Waals surface area (Å²) in [6, 6.07) is 0. The van der Waals surface area contributed by atoms with Gasteiger partial charge in [-0.15, -0.1) is 0 Å². The Morgan fingerprint density at radius 1 is 1.75 bits per heavy atom. The van der Waals surface area contributed by atoms with Crippen molar-refractivity contribution in [2.75, 3.05) is 14.1 Å². The van der Waals surface area contributed by atoms with Crippen molar-refractivity contribution < 1.29 is 0 Å². The highest BCUT2D eigenvalue weighted by atomic mass is 32.1. The molecule has 2 nitrogen and oxygen atoms in total.